The van der Waals surface area contributed by atoms with E-state index >= 15 is 0 Å². The van der Waals surface area contributed by atoms with E-state index in [1.54, 1.807) is 21.0 Å². The highest BCUT2D eigenvalue weighted by Crippen LogP contribution is 2.50. The number of aliphatic hydroxyl groups excluding tert-OH is 1. The molecule has 3 aromatic rings. The van der Waals surface area contributed by atoms with Crippen molar-refractivity contribution in [1.82, 2.24) is 15.1 Å². The maximum absolute atomic E-state index is 14.3. The second-order valence-corrected chi connectivity index (χ2v) is 30.8. The largest absolute Gasteiger partial charge is 0.456 e. The molecule has 96 heavy (non-hydrogen) atoms. The average molecular weight is 1430 g/mol. The molecule has 3 N–H and O–H groups in total. The molecule has 0 spiro atoms. The number of hydrogen-bond acceptors (Lipinski definition) is 13. The van der Waals surface area contributed by atoms with Gasteiger partial charge in [0.15, 0.2) is 0 Å². The zero-order valence-electron chi connectivity index (χ0n) is 59.4. The Morgan fingerprint density at radius 1 is 0.823 bits per heavy atom. The van der Waals surface area contributed by atoms with Crippen molar-refractivity contribution in [1.29, 1.82) is 0 Å². The quantitative estimate of drug-likeness (QED) is 0.0639. The minimum absolute atomic E-state index is 0. The van der Waals surface area contributed by atoms with E-state index in [2.05, 4.69) is 87.5 Å². The highest BCUT2D eigenvalue weighted by molar-refractivity contribution is 6.42. The molecular weight excluding hydrogens is 1320 g/mol. The van der Waals surface area contributed by atoms with Crippen LogP contribution in [0.4, 0.5) is 0 Å². The number of ketones is 2. The van der Waals surface area contributed by atoms with Crippen molar-refractivity contribution in [3.63, 3.8) is 0 Å². The Morgan fingerprint density at radius 3 is 2.07 bits per heavy atom. The van der Waals surface area contributed by atoms with Gasteiger partial charge in [-0.05, 0) is 201 Å². The lowest BCUT2D eigenvalue weighted by Crippen LogP contribution is -2.64. The van der Waals surface area contributed by atoms with E-state index in [1.165, 1.54) is 67.1 Å². The molecule has 0 aromatic heterocycles. The summed E-state index contributed by atoms with van der Waals surface area (Å²) >= 11 is 24.8. The number of aliphatic hydroxyl groups is 2. The Balaban J connectivity index is 0.000000292. The van der Waals surface area contributed by atoms with Gasteiger partial charge in [-0.3, -0.25) is 14.4 Å². The number of fused-ring (bicyclic) bond motifs is 4. The molecule has 536 valence electrons. The maximum atomic E-state index is 14.3. The fourth-order valence-electron chi connectivity index (χ4n) is 16.1. The topological polar surface area (TPSA) is 173 Å². The Bertz CT molecular complexity index is 3070. The number of piperidine rings is 1. The van der Waals surface area contributed by atoms with Crippen LogP contribution in [0.3, 0.4) is 0 Å². The molecule has 1 unspecified atom stereocenters. The number of esters is 1. The molecule has 0 radical (unpaired) electrons. The van der Waals surface area contributed by atoms with Crippen LogP contribution in [0.15, 0.2) is 90.0 Å². The van der Waals surface area contributed by atoms with Crippen LogP contribution in [-0.4, -0.2) is 152 Å². The lowest BCUT2D eigenvalue weighted by molar-refractivity contribution is -0.302. The Kier molecular flexibility index (Phi) is 31.8. The van der Waals surface area contributed by atoms with Gasteiger partial charge in [0.05, 0.1) is 39.8 Å². The molecule has 2 saturated heterocycles. The molecule has 4 fully saturated rings. The molecule has 2 saturated carbocycles. The summed E-state index contributed by atoms with van der Waals surface area (Å²) in [5.41, 5.74) is 7.58. The monoisotopic (exact) mass is 1430 g/mol. The fraction of sp³-hybridized carbons (Fsp3) is 0.662. The summed E-state index contributed by atoms with van der Waals surface area (Å²) < 4.78 is 29.9. The SMILES string of the molecule is CC(C)CC(N(C)C)C1(c2ccc(Cl)cc2)CCC1.CC[C@@H]1/C=C(\C)C[C@H](C)C[C@H](OC)[C@H]2O[C@@](O)(C(=O)C(=O)N3CCCC[C@H]3C(=O)O[C@H](/C(C)=C/[C@@H]3CC[C@@H](Cl)[C@H](OC)C3)[C@H](C)[C@@H](O)CC1=O)[C@H](C)C[C@@H]2OC.CN[C@H]1CC[C@@H](c2ccc(Cl)c(Cl)c2)c2ccccc21.Cl. The van der Waals surface area contributed by atoms with Gasteiger partial charge in [0, 0.05) is 80.5 Å². The first kappa shape index (κ1) is 81.5. The Hall–Kier alpha value is -3.45. The third-order valence-corrected chi connectivity index (χ3v) is 23.1. The number of Topliss-reactive ketones (excluding diaryl/α,β-unsaturated/α-hetero) is 2. The number of cyclic esters (lactones) is 1. The summed E-state index contributed by atoms with van der Waals surface area (Å²) in [6, 6.07) is 23.2. The number of amides is 1. The van der Waals surface area contributed by atoms with Crippen LogP contribution in [-0.2, 0) is 48.3 Å². The standard InChI is InChI=1S/C43H68ClNO11.C17H17Cl2N.C17H26ClN.ClH/c1-10-30-18-24(2)17-25(3)19-36(53-8)39-37(54-9)21-27(5)43(51,56-39)40(48)41(49)45-16-12-11-13-32(45)42(50)55-38(28(6)33(46)23-34(30)47)26(4)20-29-14-15-31(44)35(22-29)52-7;1-20-17-9-7-12(13-4-2-3-5-14(13)17)11-6-8-15(18)16(19)10-11;1-13(2)12-16(19(3)4)17(10-5-11-17)14-6-8-15(18)9-7-14;/h18,20,25,27-33,35-39,46,51H,10-17,19,21-23H2,1-9H3;2-6,8,10,12,17,20H,7,9H2,1H3;6-9,13,16H,5,10-12H2,1-4H3;1H/b24-18+,26-20+;;;/t25-,27+,28+,29-,30+,31+,32-,33-,35+,36-,37-,38+,39+,43+;12-,17-;;/m00../s1. The highest BCUT2D eigenvalue weighted by Gasteiger charge is 2.57. The number of nitrogens with zero attached hydrogens (tertiary/aromatic N) is 2. The van der Waals surface area contributed by atoms with E-state index in [-0.39, 0.29) is 67.3 Å². The van der Waals surface area contributed by atoms with Crippen molar-refractivity contribution in [3.05, 3.63) is 127 Å². The van der Waals surface area contributed by atoms with Crippen LogP contribution in [0.1, 0.15) is 199 Å². The number of alkyl halides is 1. The van der Waals surface area contributed by atoms with Crippen molar-refractivity contribution in [2.45, 2.75) is 242 Å². The number of rotatable bonds is 13. The van der Waals surface area contributed by atoms with Crippen molar-refractivity contribution in [2.75, 3.05) is 49.0 Å². The van der Waals surface area contributed by atoms with Gasteiger partial charge in [-0.2, -0.15) is 0 Å². The average Bonchev–Trinajstić information content (AvgIpc) is 0.778. The molecule has 14 nitrogen and oxygen atoms in total. The van der Waals surface area contributed by atoms with Crippen LogP contribution in [0.5, 0.6) is 0 Å². The third-order valence-electron chi connectivity index (χ3n) is 21.7. The number of likely N-dealkylation sites (N-methyl/N-ethyl adjacent to an activating group) is 1. The Morgan fingerprint density at radius 2 is 1.48 bits per heavy atom. The molecule has 3 aliphatic carbocycles. The number of carbonyl (C=O) groups excluding carboxylic acids is 4. The third kappa shape index (κ3) is 20.0. The van der Waals surface area contributed by atoms with E-state index < -0.39 is 77.8 Å². The van der Waals surface area contributed by atoms with Crippen molar-refractivity contribution < 1.29 is 53.1 Å². The first-order valence-corrected chi connectivity index (χ1v) is 36.6. The van der Waals surface area contributed by atoms with E-state index in [0.29, 0.717) is 77.6 Å². The van der Waals surface area contributed by atoms with Gasteiger partial charge in [0.25, 0.3) is 11.7 Å². The van der Waals surface area contributed by atoms with E-state index in [0.717, 1.165) is 42.2 Å². The highest BCUT2D eigenvalue weighted by atomic mass is 35.5. The van der Waals surface area contributed by atoms with E-state index in [4.69, 9.17) is 70.1 Å². The molecule has 6 aliphatic rings. The van der Waals surface area contributed by atoms with E-state index in [9.17, 15) is 29.4 Å². The van der Waals surface area contributed by atoms with Crippen LogP contribution >= 0.6 is 58.8 Å². The van der Waals surface area contributed by atoms with Gasteiger partial charge in [0.2, 0.25) is 5.79 Å². The maximum Gasteiger partial charge on any atom is 0.329 e. The van der Waals surface area contributed by atoms with Gasteiger partial charge in [-0.1, -0.05) is 143 Å². The zero-order chi connectivity index (χ0) is 69.6. The van der Waals surface area contributed by atoms with Crippen LogP contribution in [0, 0.1) is 35.5 Å². The predicted molar refractivity (Wildman–Crippen MR) is 389 cm³/mol. The minimum atomic E-state index is -2.49. The van der Waals surface area contributed by atoms with Crippen molar-refractivity contribution in [2.24, 2.45) is 35.5 Å². The second kappa shape index (κ2) is 37.5. The van der Waals surface area contributed by atoms with Gasteiger partial charge < -0.3 is 49.0 Å². The number of nitrogens with one attached hydrogen (secondary N) is 1. The lowest BCUT2D eigenvalue weighted by Gasteiger charge is -2.51. The number of methoxy groups -OCH3 is 3. The smallest absolute Gasteiger partial charge is 0.329 e. The summed E-state index contributed by atoms with van der Waals surface area (Å²) in [4.78, 5) is 60.1. The van der Waals surface area contributed by atoms with Gasteiger partial charge in [-0.25, -0.2) is 4.79 Å². The minimum Gasteiger partial charge on any atom is -0.456 e. The molecule has 2 bridgehead atoms. The summed E-state index contributed by atoms with van der Waals surface area (Å²) in [6.45, 7) is 16.0. The summed E-state index contributed by atoms with van der Waals surface area (Å²) in [5, 5.41) is 29.1. The fourth-order valence-corrected chi connectivity index (χ4v) is 16.8. The Labute approximate surface area is 600 Å². The number of benzene rings is 3. The summed E-state index contributed by atoms with van der Waals surface area (Å²) in [5.74, 6) is -6.17. The van der Waals surface area contributed by atoms with Gasteiger partial charge >= 0.3 is 5.97 Å². The molecule has 17 atom stereocenters. The molecule has 3 aromatic carbocycles. The molecule has 19 heteroatoms. The van der Waals surface area contributed by atoms with E-state index in [1.807, 2.05) is 64.2 Å². The number of hydrogen-bond donors (Lipinski definition) is 3. The van der Waals surface area contributed by atoms with Crippen molar-refractivity contribution >= 4 is 82.3 Å². The molecule has 3 heterocycles. The lowest BCUT2D eigenvalue weighted by atomic mass is 9.58. The number of allylic oxidation sites excluding steroid dienone is 3. The van der Waals surface area contributed by atoms with Crippen LogP contribution in [0.2, 0.25) is 15.1 Å². The second-order valence-electron chi connectivity index (χ2n) is 29.0. The molecule has 1 amide bonds. The number of halogens is 5. The first-order chi connectivity index (χ1) is 45.1. The van der Waals surface area contributed by atoms with Gasteiger partial charge in [0.1, 0.15) is 24.0 Å². The van der Waals surface area contributed by atoms with Crippen LogP contribution < -0.4 is 5.32 Å². The van der Waals surface area contributed by atoms with Crippen molar-refractivity contribution in [3.8, 4) is 0 Å². The van der Waals surface area contributed by atoms with Crippen LogP contribution in [0.25, 0.3) is 0 Å². The first-order valence-electron chi connectivity index (χ1n) is 35.0. The number of ether oxygens (including phenoxy) is 5. The normalized spacial score (nSPS) is 32.6. The summed E-state index contributed by atoms with van der Waals surface area (Å²) in [6.07, 6.45) is 12.7. The summed E-state index contributed by atoms with van der Waals surface area (Å²) in [7, 11) is 11.2. The molecular formula is C77H112Cl5N3O11. The molecule has 9 rings (SSSR count). The zero-order valence-corrected chi connectivity index (χ0v) is 63.3. The predicted octanol–water partition coefficient (Wildman–Crippen LogP) is 16.1. The molecule has 3 aliphatic heterocycles. The number of carbonyl (C=O) groups is 4. The van der Waals surface area contributed by atoms with Gasteiger partial charge in [-0.15, -0.1) is 24.0 Å².